The number of benzene rings is 1. The topological polar surface area (TPSA) is 24.1 Å². The summed E-state index contributed by atoms with van der Waals surface area (Å²) in [7, 11) is 0. The molecule has 2 nitrogen and oxygen atoms in total. The lowest BCUT2D eigenvalue weighted by molar-refractivity contribution is 0.427. The summed E-state index contributed by atoms with van der Waals surface area (Å²) in [6.07, 6.45) is 1.19. The van der Waals surface area contributed by atoms with Crippen LogP contribution in [0.3, 0.4) is 0 Å². The lowest BCUT2D eigenvalue weighted by Gasteiger charge is -2.28. The maximum absolute atomic E-state index is 13.3. The minimum atomic E-state index is -0.123. The molecular weight excluding hydrogens is 227 g/mol. The van der Waals surface area contributed by atoms with Crippen LogP contribution < -0.4 is 10.6 Å². The van der Waals surface area contributed by atoms with Crippen molar-refractivity contribution in [3.8, 4) is 0 Å². The average molecular weight is 250 g/mol. The maximum Gasteiger partial charge on any atom is 0.126 e. The Morgan fingerprint density at radius 1 is 1.44 bits per heavy atom. The average Bonchev–Trinajstić information content (AvgIpc) is 2.83. The normalized spacial score (nSPS) is 20.3. The van der Waals surface area contributed by atoms with Gasteiger partial charge in [-0.2, -0.15) is 0 Å². The second kappa shape index (κ2) is 5.37. The zero-order chi connectivity index (χ0) is 13.2. The van der Waals surface area contributed by atoms with Crippen molar-refractivity contribution in [3.05, 3.63) is 35.1 Å². The van der Waals surface area contributed by atoms with Gasteiger partial charge in [0.2, 0.25) is 0 Å². The molecule has 0 bridgehead atoms. The van der Waals surface area contributed by atoms with Gasteiger partial charge in [-0.3, -0.25) is 0 Å². The van der Waals surface area contributed by atoms with Gasteiger partial charge < -0.3 is 10.6 Å². The van der Waals surface area contributed by atoms with Crippen molar-refractivity contribution in [2.45, 2.75) is 38.6 Å². The van der Waals surface area contributed by atoms with Crippen molar-refractivity contribution in [3.63, 3.8) is 0 Å². The van der Waals surface area contributed by atoms with Gasteiger partial charge in [0.15, 0.2) is 0 Å². The quantitative estimate of drug-likeness (QED) is 0.857. The number of hydrogen-bond donors (Lipinski definition) is 2. The Kier molecular flexibility index (Phi) is 4.03. The van der Waals surface area contributed by atoms with E-state index in [9.17, 15) is 4.39 Å². The highest BCUT2D eigenvalue weighted by atomic mass is 19.1. The minimum Gasteiger partial charge on any atom is -0.315 e. The third-order valence-corrected chi connectivity index (χ3v) is 3.83. The van der Waals surface area contributed by atoms with Crippen LogP contribution in [0.15, 0.2) is 18.2 Å². The van der Waals surface area contributed by atoms with Gasteiger partial charge >= 0.3 is 0 Å². The highest BCUT2D eigenvalue weighted by Gasteiger charge is 2.23. The van der Waals surface area contributed by atoms with Gasteiger partial charge in [-0.1, -0.05) is 26.0 Å². The van der Waals surface area contributed by atoms with Gasteiger partial charge in [-0.25, -0.2) is 4.39 Å². The molecule has 0 aliphatic carbocycles. The van der Waals surface area contributed by atoms with Crippen LogP contribution in [0.1, 0.15) is 31.4 Å². The molecule has 0 amide bonds. The van der Waals surface area contributed by atoms with E-state index in [1.165, 1.54) is 12.0 Å². The summed E-state index contributed by atoms with van der Waals surface area (Å²) in [6.45, 7) is 9.31. The number of hydrogen-bond acceptors (Lipinski definition) is 2. The largest absolute Gasteiger partial charge is 0.315 e. The predicted octanol–water partition coefficient (Wildman–Crippen LogP) is 2.36. The molecule has 1 unspecified atom stereocenters. The van der Waals surface area contributed by atoms with E-state index in [1.54, 1.807) is 6.07 Å². The molecule has 1 saturated heterocycles. The minimum absolute atomic E-state index is 0.0288. The standard InChI is InChI=1S/C15H23FN2/c1-11-8-12(4-5-14(11)16)15(2,3)10-18-13-6-7-17-9-13/h4-5,8,13,17-18H,6-7,9-10H2,1-3H3. The molecule has 1 atom stereocenters. The lowest BCUT2D eigenvalue weighted by atomic mass is 9.83. The lowest BCUT2D eigenvalue weighted by Crippen LogP contribution is -2.40. The molecule has 0 spiro atoms. The molecule has 18 heavy (non-hydrogen) atoms. The number of aryl methyl sites for hydroxylation is 1. The first-order chi connectivity index (χ1) is 8.49. The highest BCUT2D eigenvalue weighted by molar-refractivity contribution is 5.30. The summed E-state index contributed by atoms with van der Waals surface area (Å²) in [4.78, 5) is 0. The van der Waals surface area contributed by atoms with Crippen molar-refractivity contribution in [1.29, 1.82) is 0 Å². The third-order valence-electron chi connectivity index (χ3n) is 3.83. The molecule has 2 rings (SSSR count). The fourth-order valence-electron chi connectivity index (χ4n) is 2.40. The van der Waals surface area contributed by atoms with E-state index in [0.717, 1.165) is 25.2 Å². The molecule has 0 radical (unpaired) electrons. The Morgan fingerprint density at radius 2 is 2.22 bits per heavy atom. The van der Waals surface area contributed by atoms with E-state index in [1.807, 2.05) is 19.1 Å². The SMILES string of the molecule is Cc1cc(C(C)(C)CNC2CCNC2)ccc1F. The summed E-state index contributed by atoms with van der Waals surface area (Å²) < 4.78 is 13.3. The van der Waals surface area contributed by atoms with Crippen molar-refractivity contribution in [2.24, 2.45) is 0 Å². The second-order valence-electron chi connectivity index (χ2n) is 5.92. The molecule has 1 heterocycles. The van der Waals surface area contributed by atoms with Gasteiger partial charge in [0, 0.05) is 24.5 Å². The zero-order valence-electron chi connectivity index (χ0n) is 11.5. The fourth-order valence-corrected chi connectivity index (χ4v) is 2.40. The summed E-state index contributed by atoms with van der Waals surface area (Å²) in [5.41, 5.74) is 1.95. The van der Waals surface area contributed by atoms with Crippen LogP contribution in [0.5, 0.6) is 0 Å². The molecule has 1 aliphatic heterocycles. The van der Waals surface area contributed by atoms with E-state index in [4.69, 9.17) is 0 Å². The Bertz CT molecular complexity index is 409. The van der Waals surface area contributed by atoms with Gasteiger partial charge in [-0.05, 0) is 37.1 Å². The van der Waals surface area contributed by atoms with Crippen LogP contribution in [-0.4, -0.2) is 25.7 Å². The third kappa shape index (κ3) is 3.09. The van der Waals surface area contributed by atoms with Crippen molar-refractivity contribution >= 4 is 0 Å². The van der Waals surface area contributed by atoms with Crippen LogP contribution in [0.25, 0.3) is 0 Å². The first kappa shape index (κ1) is 13.5. The van der Waals surface area contributed by atoms with E-state index < -0.39 is 0 Å². The van der Waals surface area contributed by atoms with Crippen LogP contribution >= 0.6 is 0 Å². The van der Waals surface area contributed by atoms with Crippen LogP contribution in [0.4, 0.5) is 4.39 Å². The highest BCUT2D eigenvalue weighted by Crippen LogP contribution is 2.24. The summed E-state index contributed by atoms with van der Waals surface area (Å²) >= 11 is 0. The Labute approximate surface area is 109 Å². The van der Waals surface area contributed by atoms with E-state index in [0.29, 0.717) is 6.04 Å². The molecule has 3 heteroatoms. The second-order valence-corrected chi connectivity index (χ2v) is 5.92. The molecule has 0 aromatic heterocycles. The Morgan fingerprint density at radius 3 is 2.83 bits per heavy atom. The van der Waals surface area contributed by atoms with Crippen molar-refractivity contribution in [1.82, 2.24) is 10.6 Å². The first-order valence-electron chi connectivity index (χ1n) is 6.70. The first-order valence-corrected chi connectivity index (χ1v) is 6.70. The molecule has 1 aliphatic rings. The smallest absolute Gasteiger partial charge is 0.126 e. The van der Waals surface area contributed by atoms with E-state index in [-0.39, 0.29) is 11.2 Å². The van der Waals surface area contributed by atoms with Gasteiger partial charge in [0.1, 0.15) is 5.82 Å². The molecule has 1 fully saturated rings. The van der Waals surface area contributed by atoms with Gasteiger partial charge in [0.05, 0.1) is 0 Å². The van der Waals surface area contributed by atoms with Crippen LogP contribution in [-0.2, 0) is 5.41 Å². The predicted molar refractivity (Wildman–Crippen MR) is 73.4 cm³/mol. The monoisotopic (exact) mass is 250 g/mol. The molecule has 2 N–H and O–H groups in total. The summed E-state index contributed by atoms with van der Waals surface area (Å²) in [5, 5.41) is 6.95. The van der Waals surface area contributed by atoms with E-state index in [2.05, 4.69) is 24.5 Å². The van der Waals surface area contributed by atoms with Crippen LogP contribution in [0.2, 0.25) is 0 Å². The van der Waals surface area contributed by atoms with E-state index >= 15 is 0 Å². The van der Waals surface area contributed by atoms with Gasteiger partial charge in [0.25, 0.3) is 0 Å². The van der Waals surface area contributed by atoms with Crippen molar-refractivity contribution < 1.29 is 4.39 Å². The van der Waals surface area contributed by atoms with Crippen molar-refractivity contribution in [2.75, 3.05) is 19.6 Å². The molecule has 1 aromatic carbocycles. The molecular formula is C15H23FN2. The fraction of sp³-hybridized carbons (Fsp3) is 0.600. The number of nitrogens with one attached hydrogen (secondary N) is 2. The van der Waals surface area contributed by atoms with Crippen LogP contribution in [0, 0.1) is 12.7 Å². The number of rotatable bonds is 4. The summed E-state index contributed by atoms with van der Waals surface area (Å²) in [5.74, 6) is -0.123. The zero-order valence-corrected chi connectivity index (χ0v) is 11.5. The molecule has 0 saturated carbocycles. The summed E-state index contributed by atoms with van der Waals surface area (Å²) in [6, 6.07) is 6.01. The van der Waals surface area contributed by atoms with Gasteiger partial charge in [-0.15, -0.1) is 0 Å². The maximum atomic E-state index is 13.3. The number of halogens is 1. The Balaban J connectivity index is 2.01. The Hall–Kier alpha value is -0.930. The molecule has 100 valence electrons. The molecule has 1 aromatic rings.